The maximum atomic E-state index is 11.9. The molecule has 0 spiro atoms. The minimum Gasteiger partial charge on any atom is -0.495 e. The molecule has 110 valence electrons. The van der Waals surface area contributed by atoms with Gasteiger partial charge in [0.05, 0.1) is 30.7 Å². The van der Waals surface area contributed by atoms with Gasteiger partial charge in [-0.25, -0.2) is 0 Å². The zero-order chi connectivity index (χ0) is 15.1. The Morgan fingerprint density at radius 3 is 2.76 bits per heavy atom. The van der Waals surface area contributed by atoms with Crippen molar-refractivity contribution in [2.75, 3.05) is 19.0 Å². The van der Waals surface area contributed by atoms with Crippen molar-refractivity contribution >= 4 is 11.6 Å². The maximum Gasteiger partial charge on any atom is 0.238 e. The lowest BCUT2D eigenvalue weighted by Crippen LogP contribution is -2.28. The van der Waals surface area contributed by atoms with Gasteiger partial charge < -0.3 is 15.4 Å². The second-order valence-electron chi connectivity index (χ2n) is 4.50. The third-order valence-corrected chi connectivity index (χ3v) is 2.81. The Labute approximate surface area is 123 Å². The summed E-state index contributed by atoms with van der Waals surface area (Å²) in [5.74, 6) is 0.495. The van der Waals surface area contributed by atoms with Crippen molar-refractivity contribution in [1.29, 1.82) is 0 Å². The van der Waals surface area contributed by atoms with E-state index in [0.717, 1.165) is 11.4 Å². The van der Waals surface area contributed by atoms with Gasteiger partial charge in [-0.3, -0.25) is 14.8 Å². The highest BCUT2D eigenvalue weighted by molar-refractivity contribution is 5.93. The largest absolute Gasteiger partial charge is 0.495 e. The number of carbonyl (C=O) groups excluding carboxylic acids is 1. The highest BCUT2D eigenvalue weighted by Gasteiger charge is 2.06. The SMILES string of the molecule is COc1ccccc1NC(=O)CNCc1cnc(C)cn1. The third kappa shape index (κ3) is 4.54. The van der Waals surface area contributed by atoms with E-state index in [9.17, 15) is 4.79 Å². The molecule has 2 rings (SSSR count). The number of methoxy groups -OCH3 is 1. The third-order valence-electron chi connectivity index (χ3n) is 2.81. The van der Waals surface area contributed by atoms with Gasteiger partial charge in [0.1, 0.15) is 5.75 Å². The standard InChI is InChI=1S/C15H18N4O2/c1-11-7-18-12(9-17-11)8-16-10-15(20)19-13-5-3-4-6-14(13)21-2/h3-7,9,16H,8,10H2,1-2H3,(H,19,20). The molecule has 21 heavy (non-hydrogen) atoms. The highest BCUT2D eigenvalue weighted by atomic mass is 16.5. The summed E-state index contributed by atoms with van der Waals surface area (Å²) in [6.07, 6.45) is 3.40. The number of nitrogens with zero attached hydrogens (tertiary/aromatic N) is 2. The first-order valence-electron chi connectivity index (χ1n) is 6.60. The molecule has 0 aliphatic heterocycles. The first kappa shape index (κ1) is 14.9. The van der Waals surface area contributed by atoms with E-state index < -0.39 is 0 Å². The van der Waals surface area contributed by atoms with Crippen LogP contribution in [0.5, 0.6) is 5.75 Å². The van der Waals surface area contributed by atoms with E-state index in [0.29, 0.717) is 18.0 Å². The van der Waals surface area contributed by atoms with Crippen LogP contribution in [0.15, 0.2) is 36.7 Å². The maximum absolute atomic E-state index is 11.9. The fraction of sp³-hybridized carbons (Fsp3) is 0.267. The van der Waals surface area contributed by atoms with Crippen LogP contribution in [0.1, 0.15) is 11.4 Å². The summed E-state index contributed by atoms with van der Waals surface area (Å²) in [5, 5.41) is 5.82. The van der Waals surface area contributed by atoms with Crippen LogP contribution in [0, 0.1) is 6.92 Å². The molecule has 0 radical (unpaired) electrons. The number of hydrogen-bond acceptors (Lipinski definition) is 5. The molecule has 0 fully saturated rings. The van der Waals surface area contributed by atoms with Crippen LogP contribution in [0.25, 0.3) is 0 Å². The number of nitrogens with one attached hydrogen (secondary N) is 2. The fourth-order valence-corrected chi connectivity index (χ4v) is 1.76. The molecular weight excluding hydrogens is 268 g/mol. The Morgan fingerprint density at radius 2 is 2.05 bits per heavy atom. The molecule has 2 aromatic rings. The van der Waals surface area contributed by atoms with Crippen molar-refractivity contribution in [3.05, 3.63) is 48.0 Å². The summed E-state index contributed by atoms with van der Waals surface area (Å²) >= 11 is 0. The van der Waals surface area contributed by atoms with Crippen LogP contribution in [-0.2, 0) is 11.3 Å². The number of hydrogen-bond donors (Lipinski definition) is 2. The van der Waals surface area contributed by atoms with Gasteiger partial charge in [-0.15, -0.1) is 0 Å². The van der Waals surface area contributed by atoms with Crippen molar-refractivity contribution in [2.45, 2.75) is 13.5 Å². The predicted octanol–water partition coefficient (Wildman–Crippen LogP) is 1.52. The van der Waals surface area contributed by atoms with Crippen LogP contribution in [0.3, 0.4) is 0 Å². The number of aryl methyl sites for hydroxylation is 1. The zero-order valence-corrected chi connectivity index (χ0v) is 12.1. The van der Waals surface area contributed by atoms with Gasteiger partial charge in [0.15, 0.2) is 0 Å². The minimum atomic E-state index is -0.139. The topological polar surface area (TPSA) is 76.1 Å². The Balaban J connectivity index is 1.81. The fourth-order valence-electron chi connectivity index (χ4n) is 1.76. The Kier molecular flexibility index (Phi) is 5.22. The molecule has 0 saturated heterocycles. The van der Waals surface area contributed by atoms with Gasteiger partial charge >= 0.3 is 0 Å². The first-order valence-corrected chi connectivity index (χ1v) is 6.60. The van der Waals surface area contributed by atoms with Gasteiger partial charge in [-0.05, 0) is 19.1 Å². The summed E-state index contributed by atoms with van der Waals surface area (Å²) in [6, 6.07) is 7.28. The Morgan fingerprint density at radius 1 is 1.24 bits per heavy atom. The quantitative estimate of drug-likeness (QED) is 0.842. The summed E-state index contributed by atoms with van der Waals surface area (Å²) in [6.45, 7) is 2.56. The number of aromatic nitrogens is 2. The van der Waals surface area contributed by atoms with E-state index in [1.807, 2.05) is 19.1 Å². The number of benzene rings is 1. The number of para-hydroxylation sites is 2. The van der Waals surface area contributed by atoms with E-state index in [1.54, 1.807) is 31.6 Å². The van der Waals surface area contributed by atoms with E-state index in [4.69, 9.17) is 4.74 Å². The Bertz CT molecular complexity index is 599. The molecule has 1 aromatic carbocycles. The average molecular weight is 286 g/mol. The van der Waals surface area contributed by atoms with Crippen molar-refractivity contribution < 1.29 is 9.53 Å². The van der Waals surface area contributed by atoms with E-state index in [-0.39, 0.29) is 12.5 Å². The second kappa shape index (κ2) is 7.35. The van der Waals surface area contributed by atoms with Crippen molar-refractivity contribution in [3.63, 3.8) is 0 Å². The van der Waals surface area contributed by atoms with Crippen LogP contribution >= 0.6 is 0 Å². The lowest BCUT2D eigenvalue weighted by Gasteiger charge is -2.10. The van der Waals surface area contributed by atoms with Gasteiger partial charge in [-0.1, -0.05) is 12.1 Å². The molecule has 1 aromatic heterocycles. The molecule has 0 saturated carbocycles. The molecule has 6 heteroatoms. The second-order valence-corrected chi connectivity index (χ2v) is 4.50. The van der Waals surface area contributed by atoms with Crippen molar-refractivity contribution in [1.82, 2.24) is 15.3 Å². The van der Waals surface area contributed by atoms with Gasteiger partial charge in [-0.2, -0.15) is 0 Å². The molecule has 1 heterocycles. The van der Waals surface area contributed by atoms with Crippen LogP contribution in [-0.4, -0.2) is 29.5 Å². The normalized spacial score (nSPS) is 10.2. The number of amides is 1. The average Bonchev–Trinajstić information content (AvgIpc) is 2.50. The molecular formula is C15H18N4O2. The molecule has 0 bridgehead atoms. The number of rotatable bonds is 6. The summed E-state index contributed by atoms with van der Waals surface area (Å²) < 4.78 is 5.18. The van der Waals surface area contributed by atoms with E-state index >= 15 is 0 Å². The zero-order valence-electron chi connectivity index (χ0n) is 12.1. The van der Waals surface area contributed by atoms with Crippen LogP contribution < -0.4 is 15.4 Å². The van der Waals surface area contributed by atoms with Gasteiger partial charge in [0, 0.05) is 18.9 Å². The molecule has 6 nitrogen and oxygen atoms in total. The van der Waals surface area contributed by atoms with E-state index in [1.165, 1.54) is 0 Å². The lowest BCUT2D eigenvalue weighted by atomic mass is 10.3. The number of ether oxygens (including phenoxy) is 1. The summed E-state index contributed by atoms with van der Waals surface area (Å²) in [5.41, 5.74) is 2.32. The lowest BCUT2D eigenvalue weighted by molar-refractivity contribution is -0.115. The van der Waals surface area contributed by atoms with Gasteiger partial charge in [0.2, 0.25) is 5.91 Å². The van der Waals surface area contributed by atoms with Crippen LogP contribution in [0.4, 0.5) is 5.69 Å². The monoisotopic (exact) mass is 286 g/mol. The first-order chi connectivity index (χ1) is 10.2. The minimum absolute atomic E-state index is 0.139. The van der Waals surface area contributed by atoms with Gasteiger partial charge in [0.25, 0.3) is 0 Å². The smallest absolute Gasteiger partial charge is 0.238 e. The molecule has 0 aliphatic carbocycles. The van der Waals surface area contributed by atoms with Crippen molar-refractivity contribution in [3.8, 4) is 5.75 Å². The predicted molar refractivity (Wildman–Crippen MR) is 80.1 cm³/mol. The Hall–Kier alpha value is -2.47. The summed E-state index contributed by atoms with van der Waals surface area (Å²) in [7, 11) is 1.57. The van der Waals surface area contributed by atoms with Crippen molar-refractivity contribution in [2.24, 2.45) is 0 Å². The molecule has 0 atom stereocenters. The molecule has 0 aliphatic rings. The highest BCUT2D eigenvalue weighted by Crippen LogP contribution is 2.22. The molecule has 2 N–H and O–H groups in total. The van der Waals surface area contributed by atoms with E-state index in [2.05, 4.69) is 20.6 Å². The number of anilines is 1. The summed E-state index contributed by atoms with van der Waals surface area (Å²) in [4.78, 5) is 20.2. The molecule has 0 unspecified atom stereocenters. The van der Waals surface area contributed by atoms with Crippen LogP contribution in [0.2, 0.25) is 0 Å². The molecule has 1 amide bonds. The number of carbonyl (C=O) groups is 1.